The summed E-state index contributed by atoms with van der Waals surface area (Å²) in [6.07, 6.45) is 7.62. The second-order valence-electron chi connectivity index (χ2n) is 6.26. The van der Waals surface area contributed by atoms with Crippen LogP contribution in [-0.4, -0.2) is 37.4 Å². The molecule has 1 N–H and O–H groups in total. The first-order valence-corrected chi connectivity index (χ1v) is 8.91. The molecule has 2 rings (SSSR count). The highest BCUT2D eigenvalue weighted by atomic mass is 16.6. The fourth-order valence-corrected chi connectivity index (χ4v) is 2.69. The van der Waals surface area contributed by atoms with Gasteiger partial charge < -0.3 is 14.8 Å². The number of carbonyl (C=O) groups is 3. The van der Waals surface area contributed by atoms with Gasteiger partial charge in [-0.2, -0.15) is 0 Å². The van der Waals surface area contributed by atoms with E-state index < -0.39 is 12.1 Å². The topological polar surface area (TPSA) is 81.7 Å². The summed E-state index contributed by atoms with van der Waals surface area (Å²) in [5.41, 5.74) is 1.91. The number of aldehydes is 1. The second kappa shape index (κ2) is 10.4. The first-order valence-electron chi connectivity index (χ1n) is 8.91. The Bertz CT molecular complexity index is 651. The summed E-state index contributed by atoms with van der Waals surface area (Å²) >= 11 is 0. The number of nitrogens with one attached hydrogen (secondary N) is 1. The van der Waals surface area contributed by atoms with Crippen LogP contribution in [0.25, 0.3) is 0 Å². The molecule has 0 unspecified atom stereocenters. The first-order chi connectivity index (χ1) is 12.6. The third-order valence-corrected chi connectivity index (χ3v) is 4.18. The van der Waals surface area contributed by atoms with E-state index in [-0.39, 0.29) is 12.5 Å². The first kappa shape index (κ1) is 19.7. The Morgan fingerprint density at radius 3 is 2.65 bits per heavy atom. The summed E-state index contributed by atoms with van der Waals surface area (Å²) in [6, 6.07) is 6.36. The fourth-order valence-electron chi connectivity index (χ4n) is 2.69. The van der Waals surface area contributed by atoms with E-state index in [1.54, 1.807) is 24.3 Å². The number of allylic oxidation sites excluding steroid dienone is 1. The van der Waals surface area contributed by atoms with Crippen molar-refractivity contribution in [3.63, 3.8) is 0 Å². The minimum atomic E-state index is -0.871. The molecule has 0 fully saturated rings. The van der Waals surface area contributed by atoms with Gasteiger partial charge in [-0.3, -0.25) is 9.59 Å². The van der Waals surface area contributed by atoms with E-state index in [2.05, 4.69) is 11.4 Å². The van der Waals surface area contributed by atoms with Crippen molar-refractivity contribution in [2.75, 3.05) is 13.2 Å². The molecule has 0 saturated heterocycles. The number of benzene rings is 1. The predicted octanol–water partition coefficient (Wildman–Crippen LogP) is 2.82. The SMILES string of the molecule is C[C@H](OC(=O)COc1ccc(C=O)cc1)C(=O)NCCC1=CCCCC1. The maximum atomic E-state index is 12.0. The zero-order chi connectivity index (χ0) is 18.8. The van der Waals surface area contributed by atoms with Gasteiger partial charge in [0.1, 0.15) is 12.0 Å². The zero-order valence-corrected chi connectivity index (χ0v) is 15.0. The van der Waals surface area contributed by atoms with Gasteiger partial charge in [0.2, 0.25) is 0 Å². The van der Waals surface area contributed by atoms with Crippen molar-refractivity contribution in [3.05, 3.63) is 41.5 Å². The van der Waals surface area contributed by atoms with Crippen LogP contribution in [0.2, 0.25) is 0 Å². The number of esters is 1. The second-order valence-corrected chi connectivity index (χ2v) is 6.26. The molecule has 1 aliphatic carbocycles. The van der Waals surface area contributed by atoms with Crippen LogP contribution in [-0.2, 0) is 14.3 Å². The molecule has 0 spiro atoms. The van der Waals surface area contributed by atoms with Crippen molar-refractivity contribution in [2.24, 2.45) is 0 Å². The molecule has 1 amide bonds. The molecule has 0 saturated carbocycles. The molecular weight excluding hydrogens is 334 g/mol. The average molecular weight is 359 g/mol. The van der Waals surface area contributed by atoms with Crippen LogP contribution in [0.3, 0.4) is 0 Å². The van der Waals surface area contributed by atoms with E-state index in [1.807, 2.05) is 0 Å². The quantitative estimate of drug-likeness (QED) is 0.416. The van der Waals surface area contributed by atoms with E-state index in [0.29, 0.717) is 17.9 Å². The summed E-state index contributed by atoms with van der Waals surface area (Å²) in [4.78, 5) is 34.3. The molecule has 140 valence electrons. The van der Waals surface area contributed by atoms with Gasteiger partial charge in [-0.1, -0.05) is 11.6 Å². The Balaban J connectivity index is 1.65. The van der Waals surface area contributed by atoms with Gasteiger partial charge in [0.15, 0.2) is 12.7 Å². The molecule has 1 aliphatic rings. The van der Waals surface area contributed by atoms with Gasteiger partial charge in [-0.25, -0.2) is 4.79 Å². The highest BCUT2D eigenvalue weighted by Gasteiger charge is 2.18. The van der Waals surface area contributed by atoms with E-state index in [4.69, 9.17) is 9.47 Å². The highest BCUT2D eigenvalue weighted by molar-refractivity contribution is 5.83. The molecule has 0 radical (unpaired) electrons. The maximum Gasteiger partial charge on any atom is 0.344 e. The van der Waals surface area contributed by atoms with Crippen LogP contribution in [0.15, 0.2) is 35.9 Å². The maximum absolute atomic E-state index is 12.0. The zero-order valence-electron chi connectivity index (χ0n) is 15.0. The Morgan fingerprint density at radius 2 is 2.00 bits per heavy atom. The summed E-state index contributed by atoms with van der Waals surface area (Å²) in [5.74, 6) is -0.488. The van der Waals surface area contributed by atoms with Crippen molar-refractivity contribution in [2.45, 2.75) is 45.1 Å². The molecule has 6 heteroatoms. The third-order valence-electron chi connectivity index (χ3n) is 4.18. The molecule has 0 aromatic heterocycles. The van der Waals surface area contributed by atoms with Crippen molar-refractivity contribution in [1.29, 1.82) is 0 Å². The Hall–Kier alpha value is -2.63. The normalized spacial score (nSPS) is 14.7. The molecule has 0 aliphatic heterocycles. The van der Waals surface area contributed by atoms with Gasteiger partial charge in [-0.05, 0) is 63.3 Å². The van der Waals surface area contributed by atoms with Gasteiger partial charge in [-0.15, -0.1) is 0 Å². The molecule has 1 aromatic rings. The van der Waals surface area contributed by atoms with E-state index in [1.165, 1.54) is 25.3 Å². The largest absolute Gasteiger partial charge is 0.482 e. The smallest absolute Gasteiger partial charge is 0.344 e. The fraction of sp³-hybridized carbons (Fsp3) is 0.450. The number of hydrogen-bond acceptors (Lipinski definition) is 5. The highest BCUT2D eigenvalue weighted by Crippen LogP contribution is 2.19. The molecular formula is C20H25NO5. The summed E-state index contributed by atoms with van der Waals surface area (Å²) in [5, 5.41) is 2.79. The lowest BCUT2D eigenvalue weighted by Gasteiger charge is -2.15. The van der Waals surface area contributed by atoms with Crippen LogP contribution < -0.4 is 10.1 Å². The van der Waals surface area contributed by atoms with Crippen molar-refractivity contribution >= 4 is 18.2 Å². The van der Waals surface area contributed by atoms with E-state index in [9.17, 15) is 14.4 Å². The Labute approximate surface area is 153 Å². The Kier molecular flexibility index (Phi) is 7.86. The molecule has 0 bridgehead atoms. The summed E-state index contributed by atoms with van der Waals surface area (Å²) in [6.45, 7) is 1.78. The Morgan fingerprint density at radius 1 is 1.23 bits per heavy atom. The number of carbonyl (C=O) groups excluding carboxylic acids is 3. The average Bonchev–Trinajstić information content (AvgIpc) is 2.67. The van der Waals surface area contributed by atoms with Gasteiger partial charge in [0.25, 0.3) is 5.91 Å². The van der Waals surface area contributed by atoms with Crippen LogP contribution in [0.1, 0.15) is 49.4 Å². The number of ether oxygens (including phenoxy) is 2. The van der Waals surface area contributed by atoms with Crippen LogP contribution in [0, 0.1) is 0 Å². The standard InChI is InChI=1S/C20H25NO5/c1-15(20(24)21-12-11-16-5-3-2-4-6-16)26-19(23)14-25-18-9-7-17(13-22)8-10-18/h5,7-10,13,15H,2-4,6,11-12,14H2,1H3,(H,21,24)/t15-/m0/s1. The lowest BCUT2D eigenvalue weighted by Crippen LogP contribution is -2.37. The third kappa shape index (κ3) is 6.70. The van der Waals surface area contributed by atoms with Crippen molar-refractivity contribution < 1.29 is 23.9 Å². The summed E-state index contributed by atoms with van der Waals surface area (Å²) in [7, 11) is 0. The van der Waals surface area contributed by atoms with E-state index in [0.717, 1.165) is 25.5 Å². The van der Waals surface area contributed by atoms with Gasteiger partial charge in [0, 0.05) is 12.1 Å². The lowest BCUT2D eigenvalue weighted by molar-refractivity contribution is -0.156. The summed E-state index contributed by atoms with van der Waals surface area (Å²) < 4.78 is 10.4. The minimum absolute atomic E-state index is 0.301. The van der Waals surface area contributed by atoms with Crippen LogP contribution >= 0.6 is 0 Å². The minimum Gasteiger partial charge on any atom is -0.482 e. The monoisotopic (exact) mass is 359 g/mol. The molecule has 0 heterocycles. The van der Waals surface area contributed by atoms with Crippen LogP contribution in [0.4, 0.5) is 0 Å². The molecule has 1 atom stereocenters. The molecule has 1 aromatic carbocycles. The predicted molar refractivity (Wildman–Crippen MR) is 97.1 cm³/mol. The number of amides is 1. The molecule has 26 heavy (non-hydrogen) atoms. The van der Waals surface area contributed by atoms with E-state index >= 15 is 0 Å². The van der Waals surface area contributed by atoms with Crippen molar-refractivity contribution in [1.82, 2.24) is 5.32 Å². The number of hydrogen-bond donors (Lipinski definition) is 1. The number of rotatable bonds is 9. The lowest BCUT2D eigenvalue weighted by atomic mass is 9.97. The van der Waals surface area contributed by atoms with Crippen LogP contribution in [0.5, 0.6) is 5.75 Å². The van der Waals surface area contributed by atoms with Gasteiger partial charge >= 0.3 is 5.97 Å². The van der Waals surface area contributed by atoms with Crippen molar-refractivity contribution in [3.8, 4) is 5.75 Å². The van der Waals surface area contributed by atoms with Gasteiger partial charge in [0.05, 0.1) is 0 Å². The molecule has 6 nitrogen and oxygen atoms in total.